The Hall–Kier alpha value is -2.43. The number of nitrogens with one attached hydrogen (secondary N) is 1. The van der Waals surface area contributed by atoms with Crippen molar-refractivity contribution < 1.29 is 17.6 Å². The minimum atomic E-state index is -3.82. The minimum absolute atomic E-state index is 0.0107. The lowest BCUT2D eigenvalue weighted by molar-refractivity contribution is -0.121. The maximum Gasteiger partial charge on any atom is 0.238 e. The average Bonchev–Trinajstić information content (AvgIpc) is 3.09. The fraction of sp³-hybridized carbons (Fsp3) is 0.364. The van der Waals surface area contributed by atoms with Crippen LogP contribution in [-0.2, 0) is 27.8 Å². The molecule has 0 radical (unpaired) electrons. The third-order valence-corrected chi connectivity index (χ3v) is 7.58. The second-order valence-corrected chi connectivity index (χ2v) is 10.5. The van der Waals surface area contributed by atoms with E-state index in [1.165, 1.54) is 30.0 Å². The molecule has 0 fully saturated rings. The van der Waals surface area contributed by atoms with Crippen LogP contribution < -0.4 is 10.5 Å². The van der Waals surface area contributed by atoms with E-state index in [9.17, 15) is 17.6 Å². The largest absolute Gasteiger partial charge is 0.349 e. The number of benzene rings is 2. The Labute approximate surface area is 190 Å². The van der Waals surface area contributed by atoms with Gasteiger partial charge in [-0.25, -0.2) is 22.9 Å². The lowest BCUT2D eigenvalue weighted by Crippen LogP contribution is -2.31. The van der Waals surface area contributed by atoms with Crippen molar-refractivity contribution in [2.75, 3.05) is 5.75 Å². The second kappa shape index (κ2) is 9.21. The number of fused-ring (bicyclic) bond motifs is 2. The zero-order valence-corrected chi connectivity index (χ0v) is 19.3. The highest BCUT2D eigenvalue weighted by molar-refractivity contribution is 7.99. The third kappa shape index (κ3) is 4.67. The molecule has 2 aromatic carbocycles. The predicted octanol–water partition coefficient (Wildman–Crippen LogP) is 3.52. The van der Waals surface area contributed by atoms with E-state index in [-0.39, 0.29) is 29.1 Å². The van der Waals surface area contributed by atoms with Gasteiger partial charge in [0, 0.05) is 30.0 Å². The quantitative estimate of drug-likeness (QED) is 0.543. The van der Waals surface area contributed by atoms with Crippen LogP contribution in [0, 0.1) is 5.82 Å². The van der Waals surface area contributed by atoms with Gasteiger partial charge in [-0.2, -0.15) is 0 Å². The lowest BCUT2D eigenvalue weighted by Gasteiger charge is -2.26. The number of hydrogen-bond acceptors (Lipinski definition) is 5. The summed E-state index contributed by atoms with van der Waals surface area (Å²) in [5.41, 5.74) is 2.17. The molecular weight excluding hydrogens is 451 g/mol. The van der Waals surface area contributed by atoms with Crippen LogP contribution in [-0.4, -0.2) is 29.6 Å². The fourth-order valence-corrected chi connectivity index (χ4v) is 5.70. The summed E-state index contributed by atoms with van der Waals surface area (Å²) in [4.78, 5) is 17.9. The summed E-state index contributed by atoms with van der Waals surface area (Å²) in [6.45, 7) is 2.74. The van der Waals surface area contributed by atoms with Crippen LogP contribution in [0.15, 0.2) is 46.2 Å². The first kappa shape index (κ1) is 22.8. The summed E-state index contributed by atoms with van der Waals surface area (Å²) in [5, 5.41) is 8.28. The van der Waals surface area contributed by atoms with E-state index in [0.29, 0.717) is 29.2 Å². The number of imidazole rings is 1. The Morgan fingerprint density at radius 3 is 2.91 bits per heavy atom. The van der Waals surface area contributed by atoms with Crippen LogP contribution in [0.3, 0.4) is 0 Å². The summed E-state index contributed by atoms with van der Waals surface area (Å²) >= 11 is 1.48. The van der Waals surface area contributed by atoms with Gasteiger partial charge in [-0.3, -0.25) is 4.79 Å². The number of halogens is 1. The van der Waals surface area contributed by atoms with Crippen molar-refractivity contribution >= 4 is 38.7 Å². The molecule has 1 aromatic heterocycles. The van der Waals surface area contributed by atoms with E-state index in [1.54, 1.807) is 12.1 Å². The molecule has 4 rings (SSSR count). The Balaban J connectivity index is 1.51. The van der Waals surface area contributed by atoms with Crippen LogP contribution >= 0.6 is 11.8 Å². The molecule has 0 saturated heterocycles. The van der Waals surface area contributed by atoms with Crippen LogP contribution in [0.25, 0.3) is 11.0 Å². The normalized spacial score (nSPS) is 16.2. The van der Waals surface area contributed by atoms with Crippen molar-refractivity contribution in [2.24, 2.45) is 5.14 Å². The maximum atomic E-state index is 14.1. The third-order valence-electron chi connectivity index (χ3n) is 5.51. The highest BCUT2D eigenvalue weighted by Gasteiger charge is 2.24. The van der Waals surface area contributed by atoms with Crippen LogP contribution in [0.4, 0.5) is 4.39 Å². The number of amides is 1. The molecule has 2 heterocycles. The maximum absolute atomic E-state index is 14.1. The van der Waals surface area contributed by atoms with E-state index < -0.39 is 10.0 Å². The number of rotatable bonds is 7. The second-order valence-electron chi connectivity index (χ2n) is 7.79. The molecule has 1 aliphatic rings. The molecule has 0 bridgehead atoms. The highest BCUT2D eigenvalue weighted by atomic mass is 32.2. The molecule has 0 spiro atoms. The van der Waals surface area contributed by atoms with Crippen molar-refractivity contribution in [3.8, 4) is 0 Å². The zero-order valence-electron chi connectivity index (χ0n) is 17.7. The van der Waals surface area contributed by atoms with Gasteiger partial charge in [-0.1, -0.05) is 19.1 Å². The van der Waals surface area contributed by atoms with Crippen LogP contribution in [0.1, 0.15) is 43.6 Å². The highest BCUT2D eigenvalue weighted by Crippen LogP contribution is 2.37. The number of carbonyl (C=O) groups excluding carboxylic acids is 1. The molecular formula is C22H25FN4O3S2. The van der Waals surface area contributed by atoms with Crippen LogP contribution in [0.5, 0.6) is 0 Å². The number of hydrogen-bond donors (Lipinski definition) is 2. The molecule has 7 nitrogen and oxygen atoms in total. The van der Waals surface area contributed by atoms with Gasteiger partial charge in [0.05, 0.1) is 22.0 Å². The monoisotopic (exact) mass is 476 g/mol. The number of primary sulfonamides is 1. The van der Waals surface area contributed by atoms with Gasteiger partial charge in [-0.05, 0) is 42.7 Å². The van der Waals surface area contributed by atoms with Gasteiger partial charge in [0.1, 0.15) is 11.6 Å². The number of thioether (sulfide) groups is 1. The Morgan fingerprint density at radius 2 is 2.16 bits per heavy atom. The molecule has 1 amide bonds. The summed E-state index contributed by atoms with van der Waals surface area (Å²) in [7, 11) is -3.82. The van der Waals surface area contributed by atoms with Gasteiger partial charge < -0.3 is 9.88 Å². The summed E-state index contributed by atoms with van der Waals surface area (Å²) in [6, 6.07) is 9.40. The van der Waals surface area contributed by atoms with Gasteiger partial charge in [-0.15, -0.1) is 11.8 Å². The number of carbonyl (C=O) groups is 1. The van der Waals surface area contributed by atoms with Crippen molar-refractivity contribution in [3.05, 3.63) is 53.6 Å². The molecule has 3 aromatic rings. The van der Waals surface area contributed by atoms with E-state index >= 15 is 0 Å². The first-order chi connectivity index (χ1) is 15.3. The zero-order chi connectivity index (χ0) is 22.9. The van der Waals surface area contributed by atoms with Gasteiger partial charge >= 0.3 is 0 Å². The molecule has 1 aliphatic heterocycles. The number of aromatic nitrogens is 2. The van der Waals surface area contributed by atoms with E-state index in [4.69, 9.17) is 5.14 Å². The van der Waals surface area contributed by atoms with Gasteiger partial charge in [0.2, 0.25) is 15.9 Å². The molecule has 32 heavy (non-hydrogen) atoms. The topological polar surface area (TPSA) is 107 Å². The molecule has 10 heteroatoms. The SMILES string of the molecule is CCCn1c(CCC(=O)NC2CCSc3c(F)cccc32)nc2cc(S(N)(=O)=O)ccc21. The lowest BCUT2D eigenvalue weighted by atomic mass is 10.0. The number of nitrogens with two attached hydrogens (primary N) is 1. The molecule has 1 atom stereocenters. The fourth-order valence-electron chi connectivity index (χ4n) is 4.03. The molecule has 3 N–H and O–H groups in total. The van der Waals surface area contributed by atoms with Gasteiger partial charge in [0.25, 0.3) is 0 Å². The van der Waals surface area contributed by atoms with E-state index in [0.717, 1.165) is 29.7 Å². The Morgan fingerprint density at radius 1 is 1.34 bits per heavy atom. The predicted molar refractivity (Wildman–Crippen MR) is 122 cm³/mol. The van der Waals surface area contributed by atoms with E-state index in [1.807, 2.05) is 17.6 Å². The standard InChI is InChI=1S/C22H25FN4O3S2/c1-2-11-27-19-7-6-14(32(24,29)30)13-18(19)25-20(27)8-9-21(28)26-17-10-12-31-22-15(17)4-3-5-16(22)23/h3-7,13,17H,2,8-12H2,1H3,(H,26,28)(H2,24,29,30). The summed E-state index contributed by atoms with van der Waals surface area (Å²) < 4.78 is 39.4. The average molecular weight is 477 g/mol. The van der Waals surface area contributed by atoms with Crippen molar-refractivity contribution in [1.29, 1.82) is 0 Å². The first-order valence-corrected chi connectivity index (χ1v) is 13.0. The smallest absolute Gasteiger partial charge is 0.238 e. The van der Waals surface area contributed by atoms with Gasteiger partial charge in [0.15, 0.2) is 0 Å². The van der Waals surface area contributed by atoms with Crippen LogP contribution in [0.2, 0.25) is 0 Å². The molecule has 0 aliphatic carbocycles. The van der Waals surface area contributed by atoms with Crippen molar-refractivity contribution in [1.82, 2.24) is 14.9 Å². The summed E-state index contributed by atoms with van der Waals surface area (Å²) in [6.07, 6.45) is 2.24. The van der Waals surface area contributed by atoms with Crippen molar-refractivity contribution in [3.63, 3.8) is 0 Å². The Kier molecular flexibility index (Phi) is 6.55. The molecule has 1 unspecified atom stereocenters. The number of nitrogens with zero attached hydrogens (tertiary/aromatic N) is 2. The molecule has 170 valence electrons. The molecule has 0 saturated carbocycles. The Bertz CT molecular complexity index is 1270. The minimum Gasteiger partial charge on any atom is -0.349 e. The van der Waals surface area contributed by atoms with E-state index in [2.05, 4.69) is 10.3 Å². The number of aryl methyl sites for hydroxylation is 2. The first-order valence-electron chi connectivity index (χ1n) is 10.5. The van der Waals surface area contributed by atoms with Crippen molar-refractivity contribution in [2.45, 2.75) is 55.0 Å². The number of sulfonamides is 1. The summed E-state index contributed by atoms with van der Waals surface area (Å²) in [5.74, 6) is 1.09.